The molecular formula is C41H43F5N6O5. The Morgan fingerprint density at radius 1 is 0.912 bits per heavy atom. The zero-order chi connectivity index (χ0) is 40.6. The van der Waals surface area contributed by atoms with E-state index in [1.807, 2.05) is 4.90 Å². The second-order valence-electron chi connectivity index (χ2n) is 15.1. The summed E-state index contributed by atoms with van der Waals surface area (Å²) in [6.45, 7) is 2.11. The summed E-state index contributed by atoms with van der Waals surface area (Å²) in [4.78, 5) is 55.3. The average Bonchev–Trinajstić information content (AvgIpc) is 3.17. The number of nitrogens with one attached hydrogen (secondary N) is 2. The lowest BCUT2D eigenvalue weighted by Crippen LogP contribution is -2.51. The molecule has 3 saturated heterocycles. The average molecular weight is 795 g/mol. The van der Waals surface area contributed by atoms with Gasteiger partial charge in [-0.15, -0.1) is 13.2 Å². The van der Waals surface area contributed by atoms with Crippen molar-refractivity contribution in [1.82, 2.24) is 24.6 Å². The lowest BCUT2D eigenvalue weighted by atomic mass is 9.89. The molecule has 16 heteroatoms. The van der Waals surface area contributed by atoms with Gasteiger partial charge >= 0.3 is 12.4 Å². The van der Waals surface area contributed by atoms with Gasteiger partial charge in [0, 0.05) is 87.7 Å². The normalized spacial score (nSPS) is 18.8. The predicted molar refractivity (Wildman–Crippen MR) is 202 cm³/mol. The number of likely N-dealkylation sites (tertiary alicyclic amines) is 2. The third-order valence-electron chi connectivity index (χ3n) is 11.3. The molecule has 0 aliphatic carbocycles. The molecule has 1 aromatic heterocycles. The highest BCUT2D eigenvalue weighted by Gasteiger charge is 2.35. The number of hydrogen-bond donors (Lipinski definition) is 2. The van der Waals surface area contributed by atoms with Gasteiger partial charge in [-0.05, 0) is 90.9 Å². The summed E-state index contributed by atoms with van der Waals surface area (Å²) in [6.07, 6.45) is -0.606. The number of hydrogen-bond acceptors (Lipinski definition) is 7. The molecule has 57 heavy (non-hydrogen) atoms. The molecule has 3 aliphatic heterocycles. The van der Waals surface area contributed by atoms with Gasteiger partial charge in [-0.25, -0.2) is 13.6 Å². The van der Waals surface area contributed by atoms with Crippen molar-refractivity contribution in [2.75, 3.05) is 38.5 Å². The van der Waals surface area contributed by atoms with Crippen molar-refractivity contribution >= 4 is 34.3 Å². The number of ether oxygens (including phenoxy) is 1. The number of aryl methyl sites for hydroxylation is 1. The molecule has 1 unspecified atom stereocenters. The first-order valence-electron chi connectivity index (χ1n) is 18.9. The van der Waals surface area contributed by atoms with Gasteiger partial charge < -0.3 is 24.4 Å². The fourth-order valence-electron chi connectivity index (χ4n) is 8.19. The molecule has 0 bridgehead atoms. The Morgan fingerprint density at radius 2 is 1.65 bits per heavy atom. The number of imide groups is 1. The SMILES string of the molecule is CN(C(=O)N1CCC(c2ccc(NC3CCC(=O)NC3=O)cc2F)CC1)C1CCN(Cc2ccc(-c3cn(C)c(=O)c4ccc(F)cc34)cc2OC(F)(F)F)CC1. The molecule has 4 heterocycles. The largest absolute Gasteiger partial charge is 0.573 e. The smallest absolute Gasteiger partial charge is 0.405 e. The number of piperidine rings is 3. The van der Waals surface area contributed by atoms with E-state index in [1.165, 1.54) is 42.1 Å². The minimum atomic E-state index is -4.97. The topological polar surface area (TPSA) is 116 Å². The van der Waals surface area contributed by atoms with Crippen LogP contribution in [0.4, 0.5) is 32.4 Å². The number of benzene rings is 3. The quantitative estimate of drug-likeness (QED) is 0.155. The number of urea groups is 1. The summed E-state index contributed by atoms with van der Waals surface area (Å²) < 4.78 is 76.2. The Hall–Kier alpha value is -5.51. The zero-order valence-corrected chi connectivity index (χ0v) is 31.5. The van der Waals surface area contributed by atoms with E-state index in [4.69, 9.17) is 0 Å². The maximum atomic E-state index is 15.2. The highest BCUT2D eigenvalue weighted by Crippen LogP contribution is 2.36. The third kappa shape index (κ3) is 8.90. The van der Waals surface area contributed by atoms with Crippen LogP contribution >= 0.6 is 0 Å². The maximum absolute atomic E-state index is 15.2. The van der Waals surface area contributed by atoms with Crippen LogP contribution in [0.1, 0.15) is 55.6 Å². The molecule has 3 aromatic carbocycles. The first kappa shape index (κ1) is 39.7. The molecule has 3 aliphatic rings. The fourth-order valence-corrected chi connectivity index (χ4v) is 8.19. The van der Waals surface area contributed by atoms with Crippen LogP contribution in [0.5, 0.6) is 5.75 Å². The molecule has 0 radical (unpaired) electrons. The zero-order valence-electron chi connectivity index (χ0n) is 31.5. The Labute approximate surface area is 325 Å². The Kier molecular flexibility index (Phi) is 11.3. The van der Waals surface area contributed by atoms with Gasteiger partial charge in [0.1, 0.15) is 23.4 Å². The summed E-state index contributed by atoms with van der Waals surface area (Å²) in [5.41, 5.74) is 1.64. The van der Waals surface area contributed by atoms with Gasteiger partial charge in [-0.1, -0.05) is 18.2 Å². The van der Waals surface area contributed by atoms with Crippen LogP contribution in [-0.2, 0) is 23.2 Å². The second-order valence-corrected chi connectivity index (χ2v) is 15.1. The van der Waals surface area contributed by atoms with Crippen molar-refractivity contribution in [3.63, 3.8) is 0 Å². The van der Waals surface area contributed by atoms with Gasteiger partial charge in [0.05, 0.1) is 0 Å². The van der Waals surface area contributed by atoms with Crippen molar-refractivity contribution < 1.29 is 41.1 Å². The minimum Gasteiger partial charge on any atom is -0.405 e. The molecule has 4 aromatic rings. The molecule has 4 amide bonds. The molecule has 302 valence electrons. The molecule has 0 saturated carbocycles. The summed E-state index contributed by atoms with van der Waals surface area (Å²) >= 11 is 0. The summed E-state index contributed by atoms with van der Waals surface area (Å²) in [5, 5.41) is 5.78. The van der Waals surface area contributed by atoms with Crippen molar-refractivity contribution in [3.05, 3.63) is 93.9 Å². The molecular weight excluding hydrogens is 751 g/mol. The van der Waals surface area contributed by atoms with Gasteiger partial charge in [0.15, 0.2) is 0 Å². The molecule has 2 N–H and O–H groups in total. The summed E-state index contributed by atoms with van der Waals surface area (Å²) in [5.74, 6) is -2.22. The monoisotopic (exact) mass is 794 g/mol. The van der Waals surface area contributed by atoms with Crippen molar-refractivity contribution in [3.8, 4) is 16.9 Å². The van der Waals surface area contributed by atoms with E-state index in [0.717, 1.165) is 6.07 Å². The number of nitrogens with zero attached hydrogens (tertiary/aromatic N) is 4. The molecule has 7 rings (SSSR count). The van der Waals surface area contributed by atoms with E-state index in [-0.39, 0.29) is 53.2 Å². The molecule has 1 atom stereocenters. The number of fused-ring (bicyclic) bond motifs is 1. The standard InChI is InChI=1S/C41H43F5N6O5/c1-49-23-33(32-20-27(42)5-7-31(32)39(49)55)25-3-4-26(36(19-25)57-41(44,45)46)22-51-15-13-29(14-16-51)50(2)40(56)52-17-11-24(12-18-52)30-8-6-28(21-34(30)43)47-35-9-10-37(53)48-38(35)54/h3-8,19-21,23-24,29,35,47H,9-18,22H2,1-2H3,(H,48,53,54). The van der Waals surface area contributed by atoms with E-state index < -0.39 is 35.7 Å². The van der Waals surface area contributed by atoms with Crippen LogP contribution in [0, 0.1) is 11.6 Å². The number of anilines is 1. The number of amides is 4. The predicted octanol–water partition coefficient (Wildman–Crippen LogP) is 6.50. The van der Waals surface area contributed by atoms with Gasteiger partial charge in [-0.2, -0.15) is 0 Å². The van der Waals surface area contributed by atoms with E-state index in [2.05, 4.69) is 15.4 Å². The molecule has 3 fully saturated rings. The van der Waals surface area contributed by atoms with Crippen LogP contribution in [0.2, 0.25) is 0 Å². The van der Waals surface area contributed by atoms with Crippen LogP contribution in [-0.4, -0.2) is 88.8 Å². The Bertz CT molecular complexity index is 2250. The summed E-state index contributed by atoms with van der Waals surface area (Å²) in [7, 11) is 3.27. The van der Waals surface area contributed by atoms with Crippen molar-refractivity contribution in [2.24, 2.45) is 7.05 Å². The highest BCUT2D eigenvalue weighted by atomic mass is 19.4. The first-order valence-corrected chi connectivity index (χ1v) is 18.9. The van der Waals surface area contributed by atoms with Crippen molar-refractivity contribution in [2.45, 2.75) is 69.4 Å². The minimum absolute atomic E-state index is 0.0833. The number of carbonyl (C=O) groups is 3. The number of pyridine rings is 1. The van der Waals surface area contributed by atoms with Gasteiger partial charge in [0.2, 0.25) is 11.8 Å². The molecule has 11 nitrogen and oxygen atoms in total. The number of alkyl halides is 3. The van der Waals surface area contributed by atoms with Crippen LogP contribution in [0.3, 0.4) is 0 Å². The van der Waals surface area contributed by atoms with E-state index in [9.17, 15) is 36.7 Å². The van der Waals surface area contributed by atoms with E-state index in [1.54, 1.807) is 41.1 Å². The maximum Gasteiger partial charge on any atom is 0.573 e. The number of rotatable bonds is 8. The lowest BCUT2D eigenvalue weighted by molar-refractivity contribution is -0.275. The third-order valence-corrected chi connectivity index (χ3v) is 11.3. The van der Waals surface area contributed by atoms with Crippen molar-refractivity contribution in [1.29, 1.82) is 0 Å². The van der Waals surface area contributed by atoms with Crippen LogP contribution in [0.15, 0.2) is 65.6 Å². The van der Waals surface area contributed by atoms with E-state index in [0.29, 0.717) is 86.2 Å². The number of carbonyl (C=O) groups excluding carboxylic acids is 3. The van der Waals surface area contributed by atoms with Crippen LogP contribution in [0.25, 0.3) is 21.9 Å². The second kappa shape index (κ2) is 16.2. The van der Waals surface area contributed by atoms with Crippen LogP contribution < -0.4 is 20.9 Å². The van der Waals surface area contributed by atoms with Gasteiger partial charge in [0.25, 0.3) is 5.56 Å². The fraction of sp³-hybridized carbons (Fsp3) is 0.415. The Morgan fingerprint density at radius 3 is 2.33 bits per heavy atom. The Balaban J connectivity index is 0.945. The highest BCUT2D eigenvalue weighted by molar-refractivity contribution is 6.01. The first-order chi connectivity index (χ1) is 27.1. The van der Waals surface area contributed by atoms with Gasteiger partial charge in [-0.3, -0.25) is 24.6 Å². The number of aromatic nitrogens is 1. The lowest BCUT2D eigenvalue weighted by Gasteiger charge is -2.40. The number of halogens is 5. The summed E-state index contributed by atoms with van der Waals surface area (Å²) in [6, 6.07) is 12.1. The molecule has 0 spiro atoms. The van der Waals surface area contributed by atoms with E-state index >= 15 is 4.39 Å².